The summed E-state index contributed by atoms with van der Waals surface area (Å²) in [6, 6.07) is 0. The number of aryl methyl sites for hydroxylation is 2. The molecule has 2 aliphatic heterocycles. The van der Waals surface area contributed by atoms with Gasteiger partial charge in [0.2, 0.25) is 0 Å². The molecule has 0 fully saturated rings. The van der Waals surface area contributed by atoms with Crippen molar-refractivity contribution in [1.29, 1.82) is 0 Å². The van der Waals surface area contributed by atoms with Crippen LogP contribution in [-0.2, 0) is 31.5 Å². The molecular weight excluding hydrogens is 292 g/mol. The second kappa shape index (κ2) is 5.70. The van der Waals surface area contributed by atoms with Crippen molar-refractivity contribution in [2.45, 2.75) is 77.0 Å². The van der Waals surface area contributed by atoms with Crippen molar-refractivity contribution in [3.05, 3.63) is 22.8 Å². The van der Waals surface area contributed by atoms with Crippen LogP contribution < -0.4 is 0 Å². The van der Waals surface area contributed by atoms with Gasteiger partial charge in [-0.15, -0.1) is 10.2 Å². The summed E-state index contributed by atoms with van der Waals surface area (Å²) >= 11 is 0. The number of hydrogen-bond acceptors (Lipinski definition) is 5. The molecule has 0 bridgehead atoms. The zero-order chi connectivity index (χ0) is 15.9. The Labute approximate surface area is 135 Å². The molecule has 124 valence electrons. The molecule has 0 aromatic carbocycles. The third-order valence-corrected chi connectivity index (χ3v) is 5.17. The van der Waals surface area contributed by atoms with Crippen LogP contribution in [0.15, 0.2) is 0 Å². The van der Waals surface area contributed by atoms with Crippen molar-refractivity contribution in [1.82, 2.24) is 30.0 Å². The van der Waals surface area contributed by atoms with Crippen molar-refractivity contribution in [3.63, 3.8) is 0 Å². The number of fused-ring (bicyclic) bond motifs is 2. The van der Waals surface area contributed by atoms with Crippen molar-refractivity contribution >= 4 is 0 Å². The predicted octanol–water partition coefficient (Wildman–Crippen LogP) is 1.58. The van der Waals surface area contributed by atoms with Gasteiger partial charge in [-0.1, -0.05) is 30.2 Å². The van der Waals surface area contributed by atoms with Crippen molar-refractivity contribution in [2.24, 2.45) is 0 Å². The molecule has 0 spiro atoms. The van der Waals surface area contributed by atoms with E-state index in [2.05, 4.69) is 27.5 Å². The van der Waals surface area contributed by atoms with E-state index in [0.29, 0.717) is 17.8 Å². The normalized spacial score (nSPS) is 16.8. The third-order valence-electron chi connectivity index (χ3n) is 5.17. The van der Waals surface area contributed by atoms with Gasteiger partial charge in [-0.05, 0) is 38.5 Å². The van der Waals surface area contributed by atoms with Gasteiger partial charge in [0.1, 0.15) is 11.4 Å². The fraction of sp³-hybridized carbons (Fsp3) is 0.750. The number of unbranched alkanes of at least 4 members (excludes halogenated alkanes) is 2. The van der Waals surface area contributed by atoms with Crippen LogP contribution in [0.5, 0.6) is 0 Å². The molecule has 0 unspecified atom stereocenters. The van der Waals surface area contributed by atoms with E-state index >= 15 is 0 Å². The fourth-order valence-corrected chi connectivity index (χ4v) is 3.93. The molecular formula is C16H24N6O. The lowest BCUT2D eigenvalue weighted by Gasteiger charge is -2.25. The molecule has 4 heterocycles. The monoisotopic (exact) mass is 316 g/mol. The summed E-state index contributed by atoms with van der Waals surface area (Å²) in [6.07, 6.45) is 7.81. The fourth-order valence-electron chi connectivity index (χ4n) is 3.93. The molecule has 7 nitrogen and oxygen atoms in total. The van der Waals surface area contributed by atoms with Crippen LogP contribution >= 0.6 is 0 Å². The Balaban J connectivity index is 1.77. The third kappa shape index (κ3) is 2.29. The molecule has 0 saturated heterocycles. The lowest BCUT2D eigenvalue weighted by molar-refractivity contribution is 0.0571. The lowest BCUT2D eigenvalue weighted by atomic mass is 9.86. The van der Waals surface area contributed by atoms with E-state index < -0.39 is 5.60 Å². The first-order valence-corrected chi connectivity index (χ1v) is 8.82. The Bertz CT molecular complexity index is 651. The zero-order valence-electron chi connectivity index (χ0n) is 13.7. The highest BCUT2D eigenvalue weighted by molar-refractivity contribution is 5.34. The van der Waals surface area contributed by atoms with E-state index in [4.69, 9.17) is 0 Å². The average Bonchev–Trinajstić information content (AvgIpc) is 3.27. The van der Waals surface area contributed by atoms with Gasteiger partial charge in [-0.2, -0.15) is 0 Å². The standard InChI is InChI=1S/C16H24N6O/c1-2-3-4-9-16(23,14-12-7-5-10-21(12)19-17-14)15-13-8-6-11-22(13)20-18-15/h23H,2-11H2,1H3. The van der Waals surface area contributed by atoms with Crippen LogP contribution in [0.25, 0.3) is 0 Å². The summed E-state index contributed by atoms with van der Waals surface area (Å²) in [5, 5.41) is 28.9. The first-order chi connectivity index (χ1) is 11.2. The van der Waals surface area contributed by atoms with E-state index in [-0.39, 0.29) is 0 Å². The van der Waals surface area contributed by atoms with Crippen LogP contribution in [0.2, 0.25) is 0 Å². The van der Waals surface area contributed by atoms with Gasteiger partial charge in [-0.3, -0.25) is 0 Å². The molecule has 7 heteroatoms. The highest BCUT2D eigenvalue weighted by atomic mass is 16.3. The minimum Gasteiger partial charge on any atom is -0.377 e. The summed E-state index contributed by atoms with van der Waals surface area (Å²) < 4.78 is 3.87. The Kier molecular flexibility index (Phi) is 3.67. The highest BCUT2D eigenvalue weighted by Gasteiger charge is 2.43. The summed E-state index contributed by atoms with van der Waals surface area (Å²) in [6.45, 7) is 3.96. The molecule has 0 radical (unpaired) electrons. The Morgan fingerprint density at radius 2 is 1.52 bits per heavy atom. The van der Waals surface area contributed by atoms with E-state index in [9.17, 15) is 5.11 Å². The topological polar surface area (TPSA) is 81.7 Å². The molecule has 23 heavy (non-hydrogen) atoms. The van der Waals surface area contributed by atoms with Gasteiger partial charge in [0.05, 0.1) is 11.4 Å². The van der Waals surface area contributed by atoms with Crippen LogP contribution in [0.1, 0.15) is 68.2 Å². The highest BCUT2D eigenvalue weighted by Crippen LogP contribution is 2.38. The van der Waals surface area contributed by atoms with Crippen LogP contribution in [0.4, 0.5) is 0 Å². The average molecular weight is 316 g/mol. The molecule has 2 aromatic rings. The van der Waals surface area contributed by atoms with E-state index in [1.165, 1.54) is 0 Å². The van der Waals surface area contributed by atoms with Gasteiger partial charge in [0.25, 0.3) is 0 Å². The number of aromatic nitrogens is 6. The largest absolute Gasteiger partial charge is 0.377 e. The molecule has 0 aliphatic carbocycles. The minimum atomic E-state index is -1.15. The number of aliphatic hydroxyl groups is 1. The Morgan fingerprint density at radius 1 is 0.957 bits per heavy atom. The number of nitrogens with zero attached hydrogens (tertiary/aromatic N) is 6. The predicted molar refractivity (Wildman–Crippen MR) is 83.8 cm³/mol. The molecule has 0 saturated carbocycles. The van der Waals surface area contributed by atoms with E-state index in [1.54, 1.807) is 0 Å². The maximum atomic E-state index is 11.7. The maximum absolute atomic E-state index is 11.7. The summed E-state index contributed by atoms with van der Waals surface area (Å²) in [5.74, 6) is 0. The van der Waals surface area contributed by atoms with Gasteiger partial charge in [-0.25, -0.2) is 9.36 Å². The quantitative estimate of drug-likeness (QED) is 0.818. The van der Waals surface area contributed by atoms with Gasteiger partial charge in [0, 0.05) is 13.1 Å². The summed E-state index contributed by atoms with van der Waals surface area (Å²) in [5.41, 5.74) is 2.42. The van der Waals surface area contributed by atoms with Crippen molar-refractivity contribution in [2.75, 3.05) is 0 Å². The minimum absolute atomic E-state index is 0.637. The van der Waals surface area contributed by atoms with E-state index in [1.807, 2.05) is 9.36 Å². The summed E-state index contributed by atoms with van der Waals surface area (Å²) in [7, 11) is 0. The van der Waals surface area contributed by atoms with Crippen LogP contribution in [0, 0.1) is 0 Å². The second-order valence-electron chi connectivity index (χ2n) is 6.74. The summed E-state index contributed by atoms with van der Waals surface area (Å²) in [4.78, 5) is 0. The molecule has 2 aromatic heterocycles. The lowest BCUT2D eigenvalue weighted by Crippen LogP contribution is -2.31. The molecule has 1 N–H and O–H groups in total. The molecule has 0 amide bonds. The maximum Gasteiger partial charge on any atom is 0.156 e. The van der Waals surface area contributed by atoms with Gasteiger partial charge >= 0.3 is 0 Å². The molecule has 4 rings (SSSR count). The van der Waals surface area contributed by atoms with Crippen LogP contribution in [0.3, 0.4) is 0 Å². The van der Waals surface area contributed by atoms with Gasteiger partial charge in [0.15, 0.2) is 5.60 Å². The van der Waals surface area contributed by atoms with Crippen molar-refractivity contribution < 1.29 is 5.11 Å². The van der Waals surface area contributed by atoms with Crippen molar-refractivity contribution in [3.8, 4) is 0 Å². The van der Waals surface area contributed by atoms with Crippen LogP contribution in [-0.4, -0.2) is 35.1 Å². The smallest absolute Gasteiger partial charge is 0.156 e. The molecule has 2 aliphatic rings. The van der Waals surface area contributed by atoms with Gasteiger partial charge < -0.3 is 5.11 Å². The zero-order valence-corrected chi connectivity index (χ0v) is 13.7. The SMILES string of the molecule is CCCCCC(O)(c1nnn2c1CCC2)c1nnn2c1CCC2. The molecule has 0 atom stereocenters. The first-order valence-electron chi connectivity index (χ1n) is 8.82. The first kappa shape index (κ1) is 14.8. The Hall–Kier alpha value is -1.76. The number of hydrogen-bond donors (Lipinski definition) is 1. The second-order valence-corrected chi connectivity index (χ2v) is 6.74. The number of rotatable bonds is 6. The Morgan fingerprint density at radius 3 is 2.04 bits per heavy atom. The van der Waals surface area contributed by atoms with E-state index in [0.717, 1.165) is 69.4 Å².